The summed E-state index contributed by atoms with van der Waals surface area (Å²) < 4.78 is 205. The second-order valence-electron chi connectivity index (χ2n) is 16.6. The van der Waals surface area contributed by atoms with Crippen LogP contribution in [0.5, 0.6) is 29.3 Å². The summed E-state index contributed by atoms with van der Waals surface area (Å²) >= 11 is 5.72. The van der Waals surface area contributed by atoms with Gasteiger partial charge in [0, 0.05) is 18.6 Å². The first-order chi connectivity index (χ1) is 42.5. The highest BCUT2D eigenvalue weighted by Gasteiger charge is 2.32. The third-order valence-electron chi connectivity index (χ3n) is 9.74. The summed E-state index contributed by atoms with van der Waals surface area (Å²) in [5.74, 6) is -7.48. The minimum atomic E-state index is -4.71. The highest BCUT2D eigenvalue weighted by Crippen LogP contribution is 2.38. The zero-order chi connectivity index (χ0) is 69.7. The molecule has 0 fully saturated rings. The number of nitrogens with zero attached hydrogens (tertiary/aromatic N) is 6. The zero-order valence-electron chi connectivity index (χ0n) is 45.5. The molecule has 0 aliphatic heterocycles. The number of nitrogens with one attached hydrogen (secondary N) is 5. The van der Waals surface area contributed by atoms with Crippen molar-refractivity contribution in [3.8, 4) is 29.3 Å². The van der Waals surface area contributed by atoms with E-state index in [0.717, 1.165) is 48.5 Å². The molecular formula is C46H41ClF10N11O21PS2. The van der Waals surface area contributed by atoms with Crippen LogP contribution in [0, 0.1) is 17.0 Å². The molecule has 0 spiro atoms. The first-order valence-electron chi connectivity index (χ1n) is 23.7. The lowest BCUT2D eigenvalue weighted by atomic mass is 10.1. The Labute approximate surface area is 512 Å². The van der Waals surface area contributed by atoms with Gasteiger partial charge < -0.3 is 44.1 Å². The number of sulfonamides is 2. The van der Waals surface area contributed by atoms with Gasteiger partial charge in [-0.05, 0) is 61.4 Å². The largest absolute Gasteiger partial charge is 0.480 e. The summed E-state index contributed by atoms with van der Waals surface area (Å²) in [6.45, 7) is -5.76. The van der Waals surface area contributed by atoms with E-state index in [9.17, 15) is 99.4 Å². The zero-order valence-corrected chi connectivity index (χ0v) is 48.8. The molecule has 32 nitrogen and oxygen atoms in total. The van der Waals surface area contributed by atoms with Gasteiger partial charge in [-0.3, -0.25) is 35.4 Å². The first kappa shape index (κ1) is 76.4. The van der Waals surface area contributed by atoms with Crippen molar-refractivity contribution < 1.29 is 138 Å². The molecule has 4 aromatic carbocycles. The van der Waals surface area contributed by atoms with Gasteiger partial charge in [-0.1, -0.05) is 41.9 Å². The number of hydrogen-bond acceptors (Lipinski definition) is 22. The van der Waals surface area contributed by atoms with Gasteiger partial charge in [-0.25, -0.2) is 45.5 Å². The van der Waals surface area contributed by atoms with Crippen molar-refractivity contribution in [2.45, 2.75) is 55.1 Å². The maximum Gasteiger partial charge on any atom is 0.416 e. The van der Waals surface area contributed by atoms with E-state index < -0.39 is 164 Å². The van der Waals surface area contributed by atoms with Crippen LogP contribution < -0.4 is 44.3 Å². The lowest BCUT2D eigenvalue weighted by molar-refractivity contribution is -0.385. The summed E-state index contributed by atoms with van der Waals surface area (Å²) in [7, 11) is -12.0. The number of carbonyl (C=O) groups excluding carboxylic acids is 2. The van der Waals surface area contributed by atoms with E-state index in [-0.39, 0.29) is 39.9 Å². The number of nitro benzene ring substituents is 1. The molecule has 0 bridgehead atoms. The molecule has 2 heterocycles. The highest BCUT2D eigenvalue weighted by atomic mass is 35.5. The van der Waals surface area contributed by atoms with Crippen LogP contribution in [0.15, 0.2) is 101 Å². The SMILES string of the molecule is COc1nc(C)nc(NC(=O)NS(=O)(=O)c2ccccc2CCC(F)(F)F)n1.O=C(Nc1nc(OC(F)F)cc(OC(F)F)n1)NS(=O)(=O)c1ccccc1C(=O)O.O=C(O)CNCP(=O)(O)O.O=C(O)c1cc(Oc2ccc(C(F)(F)F)cc2Cl)ccc1[N+](=O)[O-]. The number of nitro groups is 1. The number of carbonyl (C=O) groups is 5. The van der Waals surface area contributed by atoms with E-state index in [4.69, 9.17) is 46.2 Å². The average Bonchev–Trinajstić information content (AvgIpc) is 2.66. The number of ether oxygens (including phenoxy) is 4. The minimum absolute atomic E-state index is 0.0715. The number of benzene rings is 4. The molecule has 0 unspecified atom stereocenters. The van der Waals surface area contributed by atoms with Crippen LogP contribution >= 0.6 is 19.2 Å². The molecule has 0 aliphatic carbocycles. The van der Waals surface area contributed by atoms with Gasteiger partial charge in [0.15, 0.2) is 0 Å². The second kappa shape index (κ2) is 33.3. The van der Waals surface area contributed by atoms with Gasteiger partial charge in [0.2, 0.25) is 23.7 Å². The van der Waals surface area contributed by atoms with Crippen molar-refractivity contribution in [1.29, 1.82) is 0 Å². The third kappa shape index (κ3) is 26.7. The number of alkyl halides is 10. The predicted octanol–water partition coefficient (Wildman–Crippen LogP) is 7.64. The number of aromatic nitrogens is 5. The quantitative estimate of drug-likeness (QED) is 0.0135. The summed E-state index contributed by atoms with van der Waals surface area (Å²) in [6.07, 6.45) is -11.4. The molecule has 0 saturated carbocycles. The Hall–Kier alpha value is -9.88. The van der Waals surface area contributed by atoms with Gasteiger partial charge in [0.1, 0.15) is 27.8 Å². The molecule has 0 saturated heterocycles. The topological polar surface area (TPSA) is 477 Å². The Bertz CT molecular complexity index is 3910. The molecular weight excluding hydrogens is 1360 g/mol. The Morgan fingerprint density at radius 3 is 1.71 bits per heavy atom. The molecule has 0 atom stereocenters. The number of amides is 4. The fourth-order valence-corrected chi connectivity index (χ4v) is 9.11. The summed E-state index contributed by atoms with van der Waals surface area (Å²) in [6, 6.07) is 12.3. The second-order valence-corrected chi connectivity index (χ2v) is 21.9. The number of urea groups is 2. The Morgan fingerprint density at radius 1 is 0.707 bits per heavy atom. The van der Waals surface area contributed by atoms with Crippen molar-refractivity contribution in [1.82, 2.24) is 39.7 Å². The van der Waals surface area contributed by atoms with E-state index in [1.165, 1.54) is 49.1 Å². The number of aromatic carboxylic acids is 2. The van der Waals surface area contributed by atoms with Crippen molar-refractivity contribution in [3.63, 3.8) is 0 Å². The maximum atomic E-state index is 12.6. The molecule has 10 N–H and O–H groups in total. The summed E-state index contributed by atoms with van der Waals surface area (Å²) in [5.41, 5.74) is -2.96. The van der Waals surface area contributed by atoms with Crippen molar-refractivity contribution in [2.24, 2.45) is 0 Å². The molecule has 6 aromatic rings. The van der Waals surface area contributed by atoms with Gasteiger partial charge in [-0.15, -0.1) is 0 Å². The average molecular weight is 1400 g/mol. The summed E-state index contributed by atoms with van der Waals surface area (Å²) in [4.78, 5) is 98.9. The van der Waals surface area contributed by atoms with Crippen LogP contribution in [0.4, 0.5) is 71.1 Å². The number of aryl methyl sites for hydroxylation is 2. The van der Waals surface area contributed by atoms with E-state index in [2.05, 4.69) is 45.0 Å². The number of carboxylic acid groups (broad SMARTS) is 3. The molecule has 92 heavy (non-hydrogen) atoms. The van der Waals surface area contributed by atoms with Crippen LogP contribution in [0.3, 0.4) is 0 Å². The molecule has 6 rings (SSSR count). The van der Waals surface area contributed by atoms with Gasteiger partial charge in [0.25, 0.3) is 25.7 Å². The fraction of sp³-hybridized carbons (Fsp3) is 0.217. The van der Waals surface area contributed by atoms with Crippen LogP contribution in [0.1, 0.15) is 44.1 Å². The van der Waals surface area contributed by atoms with Crippen molar-refractivity contribution in [2.75, 3.05) is 30.6 Å². The molecule has 0 radical (unpaired) electrons. The molecule has 46 heteroatoms. The highest BCUT2D eigenvalue weighted by molar-refractivity contribution is 7.90. The smallest absolute Gasteiger partial charge is 0.416 e. The molecule has 2 aromatic heterocycles. The van der Waals surface area contributed by atoms with E-state index in [0.29, 0.717) is 12.1 Å². The number of methoxy groups -OCH3 is 1. The number of anilines is 2. The van der Waals surface area contributed by atoms with Gasteiger partial charge >= 0.3 is 69.2 Å². The number of hydrogen-bond donors (Lipinski definition) is 10. The van der Waals surface area contributed by atoms with Crippen LogP contribution in [-0.4, -0.2) is 141 Å². The number of halogens is 11. The molecule has 0 aliphatic rings. The van der Waals surface area contributed by atoms with Crippen LogP contribution in [-0.2, 0) is 42.0 Å². The monoisotopic (exact) mass is 1400 g/mol. The lowest BCUT2D eigenvalue weighted by Gasteiger charge is -2.13. The standard InChI is InChI=1S/C15H16F3N5O4S.C14H7ClF3NO5.C14H10F4N4O7S.C3H8NO5P/c1-9-19-12(22-14(20-9)27-2)21-13(24)23-28(25,26)11-6-4-3-5-10(11)7-8-15(16,17)18;15-10-5-7(14(16,17)18)1-4-12(10)24-8-2-3-11(19(22)23)9(6-8)13(20)21;15-11(16)28-8-5-9(29-12(17)18)20-13(19-8)21-14(25)22-30(26,27)7-4-2-1-3-6(7)10(23)24;5-3(6)1-4-2-10(7,8)9/h3-6H,7-8H2,1-2H3,(H2,19,20,21,22,23,24);1-6H,(H,20,21);1-5,11-12H,(H,23,24)(H2,19,20,21,22,25);4H,1-2H2,(H,5,6)(H2,7,8,9). The summed E-state index contributed by atoms with van der Waals surface area (Å²) in [5, 5.41) is 42.3. The van der Waals surface area contributed by atoms with Gasteiger partial charge in [-0.2, -0.15) is 68.8 Å². The van der Waals surface area contributed by atoms with Crippen molar-refractivity contribution in [3.05, 3.63) is 134 Å². The number of aliphatic carboxylic acids is 1. The Morgan fingerprint density at radius 2 is 1.23 bits per heavy atom. The van der Waals surface area contributed by atoms with Gasteiger partial charge in [0.05, 0.1) is 52.0 Å². The molecule has 4 amide bonds. The first-order valence-corrected chi connectivity index (χ1v) is 28.9. The maximum absolute atomic E-state index is 12.6. The van der Waals surface area contributed by atoms with Crippen molar-refractivity contribution >= 4 is 86.8 Å². The number of rotatable bonds is 22. The number of carboxylic acids is 3. The van der Waals surface area contributed by atoms with E-state index in [1.807, 2.05) is 0 Å². The van der Waals surface area contributed by atoms with E-state index >= 15 is 0 Å². The molecule has 500 valence electrons. The van der Waals surface area contributed by atoms with Crippen LogP contribution in [0.25, 0.3) is 0 Å². The fourth-order valence-electron chi connectivity index (χ4n) is 6.21. The minimum Gasteiger partial charge on any atom is -0.480 e. The lowest BCUT2D eigenvalue weighted by Crippen LogP contribution is -2.35. The Kier molecular flexibility index (Phi) is 27.6. The predicted molar refractivity (Wildman–Crippen MR) is 288 cm³/mol. The van der Waals surface area contributed by atoms with Crippen LogP contribution in [0.2, 0.25) is 5.02 Å². The normalized spacial score (nSPS) is 11.4. The third-order valence-corrected chi connectivity index (χ3v) is 13.5. The van der Waals surface area contributed by atoms with E-state index in [1.54, 1.807) is 10.0 Å². The Balaban J connectivity index is 0.000000336.